The van der Waals surface area contributed by atoms with E-state index in [0.717, 1.165) is 11.4 Å². The highest BCUT2D eigenvalue weighted by Crippen LogP contribution is 2.29. The molecule has 2 rings (SSSR count). The summed E-state index contributed by atoms with van der Waals surface area (Å²) in [5.41, 5.74) is 3.39. The average Bonchev–Trinajstić information content (AvgIpc) is 2.73. The number of hydrogen-bond acceptors (Lipinski definition) is 3. The minimum Gasteiger partial charge on any atom is -0.546 e. The average molecular weight is 290 g/mol. The van der Waals surface area contributed by atoms with Crippen LogP contribution in [-0.2, 0) is 0 Å². The Kier molecular flexibility index (Phi) is 4.55. The molecule has 1 aromatic heterocycles. The van der Waals surface area contributed by atoms with Gasteiger partial charge in [-0.15, -0.1) is 11.3 Å². The number of aryl methyl sites for hydroxylation is 2. The van der Waals surface area contributed by atoms with Gasteiger partial charge in [-0.3, -0.25) is 4.99 Å². The molecule has 0 unspecified atom stereocenters. The van der Waals surface area contributed by atoms with Crippen molar-refractivity contribution in [1.29, 1.82) is 0 Å². The minimum absolute atomic E-state index is 0. The zero-order valence-corrected chi connectivity index (χ0v) is 13.8. The Morgan fingerprint density at radius 1 is 1.26 bits per heavy atom. The van der Waals surface area contributed by atoms with Gasteiger partial charge < -0.3 is 4.43 Å². The van der Waals surface area contributed by atoms with Gasteiger partial charge in [-0.2, -0.15) is 0 Å². The quantitative estimate of drug-likeness (QED) is 0.596. The van der Waals surface area contributed by atoms with Crippen molar-refractivity contribution in [3.63, 3.8) is 0 Å². The van der Waals surface area contributed by atoms with E-state index in [1.807, 2.05) is 12.3 Å². The van der Waals surface area contributed by atoms with Crippen molar-refractivity contribution in [2.24, 2.45) is 4.99 Å². The molecule has 0 aliphatic heterocycles. The molecule has 0 radical (unpaired) electrons. The van der Waals surface area contributed by atoms with Gasteiger partial charge >= 0.3 is 1.43 Å². The van der Waals surface area contributed by atoms with E-state index in [-0.39, 0.29) is 1.43 Å². The Labute approximate surface area is 122 Å². The Bertz CT molecular complexity index is 595. The van der Waals surface area contributed by atoms with E-state index in [0.29, 0.717) is 0 Å². The second kappa shape index (κ2) is 6.17. The highest BCUT2D eigenvalue weighted by atomic mass is 32.1. The van der Waals surface area contributed by atoms with Gasteiger partial charge in [0.15, 0.2) is 0 Å². The molecule has 4 heteroatoms. The predicted octanol–water partition coefficient (Wildman–Crippen LogP) is 4.59. The first-order chi connectivity index (χ1) is 9.06. The summed E-state index contributed by atoms with van der Waals surface area (Å²) >= 11 is 1.71. The van der Waals surface area contributed by atoms with Crippen LogP contribution in [0.3, 0.4) is 0 Å². The second-order valence-corrected chi connectivity index (χ2v) is 8.14. The molecule has 0 spiro atoms. The van der Waals surface area contributed by atoms with Gasteiger partial charge in [-0.05, 0) is 61.6 Å². The highest BCUT2D eigenvalue weighted by molar-refractivity contribution is 7.11. The van der Waals surface area contributed by atoms with Crippen LogP contribution in [0.25, 0.3) is 0 Å². The van der Waals surface area contributed by atoms with E-state index in [1.54, 1.807) is 11.3 Å². The topological polar surface area (TPSA) is 21.6 Å². The van der Waals surface area contributed by atoms with Crippen LogP contribution in [0.15, 0.2) is 34.6 Å². The van der Waals surface area contributed by atoms with E-state index < -0.39 is 9.04 Å². The van der Waals surface area contributed by atoms with E-state index in [4.69, 9.17) is 4.43 Å². The summed E-state index contributed by atoms with van der Waals surface area (Å²) in [6.07, 6.45) is 1.93. The summed E-state index contributed by atoms with van der Waals surface area (Å²) in [7, 11) is -1.11. The van der Waals surface area contributed by atoms with Crippen molar-refractivity contribution in [1.82, 2.24) is 0 Å². The fraction of sp³-hybridized carbons (Fsp3) is 0.267. The second-order valence-electron chi connectivity index (χ2n) is 4.86. The first kappa shape index (κ1) is 14.0. The first-order valence-corrected chi connectivity index (χ1v) is 10.1. The van der Waals surface area contributed by atoms with Crippen LogP contribution in [0.4, 0.5) is 5.69 Å². The van der Waals surface area contributed by atoms with Gasteiger partial charge in [-0.25, -0.2) is 0 Å². The lowest BCUT2D eigenvalue weighted by molar-refractivity contribution is 0.581. The van der Waals surface area contributed by atoms with Gasteiger partial charge in [0, 0.05) is 11.1 Å². The number of nitrogens with zero attached hydrogens (tertiary/aromatic N) is 1. The maximum Gasteiger partial charge on any atom is 1.00 e. The van der Waals surface area contributed by atoms with Gasteiger partial charge in [0.1, 0.15) is 11.4 Å². The number of rotatable bonds is 4. The van der Waals surface area contributed by atoms with E-state index in [1.165, 1.54) is 16.0 Å². The van der Waals surface area contributed by atoms with Crippen LogP contribution in [0.5, 0.6) is 5.75 Å². The van der Waals surface area contributed by atoms with Gasteiger partial charge in [-0.1, -0.05) is 6.07 Å². The molecule has 19 heavy (non-hydrogen) atoms. The third-order valence-corrected chi connectivity index (χ3v) is 4.38. The Balaban J connectivity index is 0.00000200. The molecule has 2 nitrogen and oxygen atoms in total. The number of aliphatic imine (C=N–C) groups is 1. The lowest BCUT2D eigenvalue weighted by Gasteiger charge is -2.12. The Morgan fingerprint density at radius 3 is 2.68 bits per heavy atom. The maximum absolute atomic E-state index is 5.95. The van der Waals surface area contributed by atoms with E-state index >= 15 is 0 Å². The van der Waals surface area contributed by atoms with E-state index in [9.17, 15) is 0 Å². The molecular formula is C15H20NOSSi+. The summed E-state index contributed by atoms with van der Waals surface area (Å²) in [5.74, 6) is 0.909. The van der Waals surface area contributed by atoms with Crippen molar-refractivity contribution >= 4 is 32.3 Å². The number of hydrogen-bond donors (Lipinski definition) is 0. The van der Waals surface area contributed by atoms with Gasteiger partial charge in [0.2, 0.25) is 9.04 Å². The zero-order chi connectivity index (χ0) is 13.8. The lowest BCUT2D eigenvalue weighted by Crippen LogP contribution is -2.11. The zero-order valence-electron chi connectivity index (χ0n) is 12.8. The third kappa shape index (κ3) is 3.78. The molecule has 0 bridgehead atoms. The molecule has 0 N–H and O–H groups in total. The molecule has 2 aromatic rings. The number of thiophene rings is 1. The molecule has 0 amide bonds. The SMILES string of the molecule is Cc1ccc(N=Cc2sccc2C)c(O[SiH](C)C)c1.[H+]. The van der Waals surface area contributed by atoms with Crippen LogP contribution in [0.2, 0.25) is 13.1 Å². The van der Waals surface area contributed by atoms with Crippen molar-refractivity contribution < 1.29 is 5.85 Å². The fourth-order valence-corrected chi connectivity index (χ4v) is 3.20. The highest BCUT2D eigenvalue weighted by Gasteiger charge is 2.06. The monoisotopic (exact) mass is 290 g/mol. The summed E-state index contributed by atoms with van der Waals surface area (Å²) in [5, 5.41) is 2.09. The molecule has 0 saturated carbocycles. The molecule has 0 atom stereocenters. The molecule has 100 valence electrons. The van der Waals surface area contributed by atoms with Gasteiger partial charge in [0.25, 0.3) is 0 Å². The van der Waals surface area contributed by atoms with Crippen molar-refractivity contribution in [3.8, 4) is 5.75 Å². The summed E-state index contributed by atoms with van der Waals surface area (Å²) in [4.78, 5) is 5.79. The fourth-order valence-electron chi connectivity index (χ4n) is 1.72. The molecular weight excluding hydrogens is 270 g/mol. The van der Waals surface area contributed by atoms with Gasteiger partial charge in [0.05, 0.1) is 0 Å². The van der Waals surface area contributed by atoms with Crippen molar-refractivity contribution in [2.45, 2.75) is 26.9 Å². The van der Waals surface area contributed by atoms with Crippen LogP contribution >= 0.6 is 11.3 Å². The van der Waals surface area contributed by atoms with Crippen LogP contribution in [0.1, 0.15) is 17.4 Å². The summed E-state index contributed by atoms with van der Waals surface area (Å²) in [6.45, 7) is 8.51. The van der Waals surface area contributed by atoms with Crippen molar-refractivity contribution in [2.75, 3.05) is 0 Å². The van der Waals surface area contributed by atoms with Crippen LogP contribution in [0, 0.1) is 13.8 Å². The van der Waals surface area contributed by atoms with Crippen molar-refractivity contribution in [3.05, 3.63) is 45.6 Å². The Morgan fingerprint density at radius 2 is 2.05 bits per heavy atom. The summed E-state index contributed by atoms with van der Waals surface area (Å²) in [6, 6.07) is 8.28. The Hall–Kier alpha value is -1.39. The van der Waals surface area contributed by atoms with E-state index in [2.05, 4.69) is 55.5 Å². The molecule has 0 aliphatic carbocycles. The predicted molar refractivity (Wildman–Crippen MR) is 88.1 cm³/mol. The van der Waals surface area contributed by atoms with Crippen LogP contribution < -0.4 is 4.43 Å². The smallest absolute Gasteiger partial charge is 0.546 e. The molecule has 1 heterocycles. The molecule has 0 fully saturated rings. The normalized spacial score (nSPS) is 11.4. The third-order valence-electron chi connectivity index (χ3n) is 2.70. The molecule has 0 saturated heterocycles. The standard InChI is InChI=1S/C15H19NOSSi/c1-11-5-6-13(14(9-11)17-19(3)4)16-10-15-12(2)7-8-18-15/h5-10,19H,1-4H3/p+1. The van der Waals surface area contributed by atoms with Crippen LogP contribution in [-0.4, -0.2) is 15.3 Å². The first-order valence-electron chi connectivity index (χ1n) is 6.41. The molecule has 0 aliphatic rings. The minimum atomic E-state index is -1.11. The maximum atomic E-state index is 5.95. The largest absolute Gasteiger partial charge is 1.00 e. The summed E-state index contributed by atoms with van der Waals surface area (Å²) < 4.78 is 5.95. The number of benzene rings is 1. The lowest BCUT2D eigenvalue weighted by atomic mass is 10.2. The molecule has 1 aromatic carbocycles.